The lowest BCUT2D eigenvalue weighted by Gasteiger charge is -2.18. The minimum atomic E-state index is -0.162. The molecule has 2 amide bonds. The van der Waals surface area contributed by atoms with E-state index in [0.717, 1.165) is 6.42 Å². The lowest BCUT2D eigenvalue weighted by molar-refractivity contribution is 0.178. The molecule has 2 N–H and O–H groups in total. The Labute approximate surface area is 110 Å². The smallest absolute Gasteiger partial charge is 0.318 e. The molecule has 0 spiro atoms. The Balaban J connectivity index is 1.71. The van der Waals surface area contributed by atoms with Crippen molar-refractivity contribution in [2.45, 2.75) is 32.5 Å². The molecular formula is C12H16N4O3. The third-order valence-corrected chi connectivity index (χ3v) is 3.45. The number of nitrogens with one attached hydrogen (secondary N) is 2. The van der Waals surface area contributed by atoms with E-state index >= 15 is 0 Å². The van der Waals surface area contributed by atoms with Crippen LogP contribution in [0.25, 0.3) is 0 Å². The van der Waals surface area contributed by atoms with Gasteiger partial charge in [-0.3, -0.25) is 4.79 Å². The fourth-order valence-electron chi connectivity index (χ4n) is 2.45. The van der Waals surface area contributed by atoms with Gasteiger partial charge in [-0.05, 0) is 13.3 Å². The van der Waals surface area contributed by atoms with Crippen LogP contribution >= 0.6 is 0 Å². The summed E-state index contributed by atoms with van der Waals surface area (Å²) in [6, 6.07) is -0.0882. The summed E-state index contributed by atoms with van der Waals surface area (Å²) >= 11 is 0. The van der Waals surface area contributed by atoms with E-state index in [-0.39, 0.29) is 17.6 Å². The number of carbonyl (C=O) groups is 1. The van der Waals surface area contributed by atoms with Crippen molar-refractivity contribution in [3.63, 3.8) is 0 Å². The zero-order chi connectivity index (χ0) is 13.4. The van der Waals surface area contributed by atoms with Crippen molar-refractivity contribution in [2.75, 3.05) is 13.2 Å². The highest BCUT2D eigenvalue weighted by Crippen LogP contribution is 2.17. The second kappa shape index (κ2) is 4.65. The van der Waals surface area contributed by atoms with Gasteiger partial charge in [0.1, 0.15) is 5.82 Å². The number of hydrogen-bond acceptors (Lipinski definition) is 4. The summed E-state index contributed by atoms with van der Waals surface area (Å²) in [6.45, 7) is 3.69. The molecule has 0 aromatic carbocycles. The predicted octanol–water partition coefficient (Wildman–Crippen LogP) is -0.108. The van der Waals surface area contributed by atoms with Crippen LogP contribution in [0.15, 0.2) is 4.79 Å². The van der Waals surface area contributed by atoms with Gasteiger partial charge in [0.15, 0.2) is 0 Å². The van der Waals surface area contributed by atoms with Crippen molar-refractivity contribution in [1.82, 2.24) is 20.2 Å². The van der Waals surface area contributed by atoms with E-state index in [9.17, 15) is 9.59 Å². The fraction of sp³-hybridized carbons (Fsp3) is 0.583. The summed E-state index contributed by atoms with van der Waals surface area (Å²) in [5.74, 6) is 0.579. The molecule has 0 bridgehead atoms. The Morgan fingerprint density at radius 3 is 3.11 bits per heavy atom. The highest BCUT2D eigenvalue weighted by molar-refractivity contribution is 5.75. The van der Waals surface area contributed by atoms with Gasteiger partial charge in [-0.1, -0.05) is 0 Å². The summed E-state index contributed by atoms with van der Waals surface area (Å²) in [7, 11) is 0. The number of aromatic nitrogens is 2. The van der Waals surface area contributed by atoms with Gasteiger partial charge >= 0.3 is 6.03 Å². The summed E-state index contributed by atoms with van der Waals surface area (Å²) in [5.41, 5.74) is 1.13. The topological polar surface area (TPSA) is 87.3 Å². The Kier molecular flexibility index (Phi) is 2.98. The van der Waals surface area contributed by atoms with E-state index in [1.54, 1.807) is 11.8 Å². The van der Waals surface area contributed by atoms with E-state index < -0.39 is 0 Å². The van der Waals surface area contributed by atoms with Crippen molar-refractivity contribution < 1.29 is 9.53 Å². The second-order valence-electron chi connectivity index (χ2n) is 4.94. The minimum absolute atomic E-state index is 0.0733. The molecule has 0 aliphatic carbocycles. The Morgan fingerprint density at radius 2 is 2.37 bits per heavy atom. The quantitative estimate of drug-likeness (QED) is 0.741. The van der Waals surface area contributed by atoms with Gasteiger partial charge in [0.05, 0.1) is 37.0 Å². The number of urea groups is 1. The molecule has 0 radical (unpaired) electrons. The largest absolute Gasteiger partial charge is 0.379 e. The number of aromatic amines is 1. The SMILES string of the molecule is Cc1nc2c(c(=O)[nH]1)CN(C(=O)NC1CCOC1)C2. The van der Waals surface area contributed by atoms with Crippen LogP contribution in [0, 0.1) is 6.92 Å². The first-order valence-corrected chi connectivity index (χ1v) is 6.35. The molecule has 19 heavy (non-hydrogen) atoms. The lowest BCUT2D eigenvalue weighted by Crippen LogP contribution is -2.43. The lowest BCUT2D eigenvalue weighted by atomic mass is 10.3. The number of ether oxygens (including phenoxy) is 1. The molecule has 0 saturated carbocycles. The van der Waals surface area contributed by atoms with Crippen LogP contribution in [0.5, 0.6) is 0 Å². The highest BCUT2D eigenvalue weighted by Gasteiger charge is 2.29. The molecule has 2 aliphatic heterocycles. The third kappa shape index (κ3) is 2.33. The van der Waals surface area contributed by atoms with Crippen LogP contribution in [-0.4, -0.2) is 40.2 Å². The van der Waals surface area contributed by atoms with E-state index in [1.165, 1.54) is 0 Å². The molecule has 3 heterocycles. The standard InChI is InChI=1S/C12H16N4O3/c1-7-13-10-5-16(4-9(10)11(17)14-7)12(18)15-8-2-3-19-6-8/h8H,2-6H2,1H3,(H,15,18)(H,13,14,17). The molecule has 1 atom stereocenters. The van der Waals surface area contributed by atoms with Crippen molar-refractivity contribution >= 4 is 6.03 Å². The maximum Gasteiger partial charge on any atom is 0.318 e. The summed E-state index contributed by atoms with van der Waals surface area (Å²) < 4.78 is 5.22. The first-order chi connectivity index (χ1) is 9.13. The summed E-state index contributed by atoms with van der Waals surface area (Å²) in [6.07, 6.45) is 0.838. The van der Waals surface area contributed by atoms with Crippen LogP contribution in [-0.2, 0) is 17.8 Å². The average molecular weight is 264 g/mol. The van der Waals surface area contributed by atoms with Crippen LogP contribution in [0.2, 0.25) is 0 Å². The number of aryl methyl sites for hydroxylation is 1. The zero-order valence-corrected chi connectivity index (χ0v) is 10.7. The Bertz CT molecular complexity index is 563. The van der Waals surface area contributed by atoms with Gasteiger partial charge in [-0.2, -0.15) is 0 Å². The maximum atomic E-state index is 12.1. The first kappa shape index (κ1) is 12.2. The van der Waals surface area contributed by atoms with Crippen LogP contribution in [0.4, 0.5) is 4.79 Å². The van der Waals surface area contributed by atoms with Crippen molar-refractivity contribution in [3.8, 4) is 0 Å². The predicted molar refractivity (Wildman–Crippen MR) is 66.6 cm³/mol. The van der Waals surface area contributed by atoms with Crippen molar-refractivity contribution in [1.29, 1.82) is 0 Å². The average Bonchev–Trinajstić information content (AvgIpc) is 2.97. The Morgan fingerprint density at radius 1 is 1.53 bits per heavy atom. The number of hydrogen-bond donors (Lipinski definition) is 2. The number of amides is 2. The molecule has 102 valence electrons. The maximum absolute atomic E-state index is 12.1. The molecule has 1 saturated heterocycles. The zero-order valence-electron chi connectivity index (χ0n) is 10.7. The van der Waals surface area contributed by atoms with Crippen LogP contribution < -0.4 is 10.9 Å². The van der Waals surface area contributed by atoms with Crippen LogP contribution in [0.1, 0.15) is 23.5 Å². The number of nitrogens with zero attached hydrogens (tertiary/aromatic N) is 2. The van der Waals surface area contributed by atoms with Gasteiger partial charge in [-0.25, -0.2) is 9.78 Å². The van der Waals surface area contributed by atoms with Crippen molar-refractivity contribution in [2.24, 2.45) is 0 Å². The molecular weight excluding hydrogens is 248 g/mol. The van der Waals surface area contributed by atoms with Gasteiger partial charge in [0.25, 0.3) is 5.56 Å². The molecule has 7 heteroatoms. The van der Waals surface area contributed by atoms with E-state index in [0.29, 0.717) is 43.4 Å². The molecule has 1 fully saturated rings. The highest BCUT2D eigenvalue weighted by atomic mass is 16.5. The normalized spacial score (nSPS) is 21.5. The number of carbonyl (C=O) groups excluding carboxylic acids is 1. The van der Waals surface area contributed by atoms with Gasteiger partial charge in [0.2, 0.25) is 0 Å². The molecule has 2 aliphatic rings. The third-order valence-electron chi connectivity index (χ3n) is 3.45. The van der Waals surface area contributed by atoms with Crippen LogP contribution in [0.3, 0.4) is 0 Å². The first-order valence-electron chi connectivity index (χ1n) is 6.35. The fourth-order valence-corrected chi connectivity index (χ4v) is 2.45. The number of H-pyrrole nitrogens is 1. The Hall–Kier alpha value is -1.89. The van der Waals surface area contributed by atoms with Gasteiger partial charge < -0.3 is 19.9 Å². The van der Waals surface area contributed by atoms with Gasteiger partial charge in [-0.15, -0.1) is 0 Å². The summed E-state index contributed by atoms with van der Waals surface area (Å²) in [5, 5.41) is 2.91. The monoisotopic (exact) mass is 264 g/mol. The molecule has 1 unspecified atom stereocenters. The number of fused-ring (bicyclic) bond motifs is 1. The van der Waals surface area contributed by atoms with E-state index in [4.69, 9.17) is 4.74 Å². The second-order valence-corrected chi connectivity index (χ2v) is 4.94. The number of rotatable bonds is 1. The van der Waals surface area contributed by atoms with Crippen molar-refractivity contribution in [3.05, 3.63) is 27.4 Å². The molecule has 1 aromatic rings. The van der Waals surface area contributed by atoms with Gasteiger partial charge in [0, 0.05) is 6.61 Å². The molecule has 3 rings (SSSR count). The molecule has 1 aromatic heterocycles. The molecule has 7 nitrogen and oxygen atoms in total. The van der Waals surface area contributed by atoms with E-state index in [2.05, 4.69) is 15.3 Å². The summed E-state index contributed by atoms with van der Waals surface area (Å²) in [4.78, 5) is 32.4. The minimum Gasteiger partial charge on any atom is -0.379 e. The van der Waals surface area contributed by atoms with E-state index in [1.807, 2.05) is 0 Å².